The Hall–Kier alpha value is -6.49. The van der Waals surface area contributed by atoms with Gasteiger partial charge in [0, 0.05) is 49.9 Å². The molecule has 0 spiro atoms. The Morgan fingerprint density at radius 1 is 0.392 bits per heavy atom. The molecule has 51 heavy (non-hydrogen) atoms. The van der Waals surface area contributed by atoms with Crippen LogP contribution in [0, 0.1) is 0 Å². The van der Waals surface area contributed by atoms with Gasteiger partial charge in [-0.05, 0) is 76.9 Å². The van der Waals surface area contributed by atoms with E-state index in [-0.39, 0.29) is 0 Å². The quantitative estimate of drug-likeness (QED) is 0.183. The third-order valence-electron chi connectivity index (χ3n) is 10.3. The summed E-state index contributed by atoms with van der Waals surface area (Å²) in [4.78, 5) is 6.00. The summed E-state index contributed by atoms with van der Waals surface area (Å²) in [5.41, 5.74) is 11.9. The Morgan fingerprint density at radius 3 is 1.53 bits per heavy atom. The molecule has 0 fully saturated rings. The molecule has 0 unspecified atom stereocenters. The number of para-hydroxylation sites is 3. The summed E-state index contributed by atoms with van der Waals surface area (Å²) in [7, 11) is 0. The lowest BCUT2D eigenvalue weighted by Gasteiger charge is -2.15. The maximum Gasteiger partial charge on any atom is 0.124 e. The molecule has 0 aliphatic carbocycles. The molecule has 0 atom stereocenters. The van der Waals surface area contributed by atoms with E-state index in [0.717, 1.165) is 16.2 Å². The van der Waals surface area contributed by atoms with Gasteiger partial charge in [0.1, 0.15) is 4.83 Å². The SMILES string of the molecule is c1ccc(-c2cc(-c3ccccc3)cc(-n3c4ccccc4c4c5c6ccccc6n(-c6ccccc6)c5c5c6cccnc6sc5c43)c2)cc1. The number of rotatable bonds is 4. The van der Waals surface area contributed by atoms with Gasteiger partial charge in [0.05, 0.1) is 26.8 Å². The molecule has 7 aromatic carbocycles. The van der Waals surface area contributed by atoms with Crippen LogP contribution in [0.15, 0.2) is 176 Å². The van der Waals surface area contributed by atoms with Crippen molar-refractivity contribution in [1.82, 2.24) is 14.1 Å². The minimum Gasteiger partial charge on any atom is -0.309 e. The van der Waals surface area contributed by atoms with Gasteiger partial charge >= 0.3 is 0 Å². The zero-order valence-electron chi connectivity index (χ0n) is 27.5. The van der Waals surface area contributed by atoms with Crippen LogP contribution in [0.5, 0.6) is 0 Å². The molecule has 3 nitrogen and oxygen atoms in total. The molecule has 0 N–H and O–H groups in total. The van der Waals surface area contributed by atoms with E-state index in [4.69, 9.17) is 4.98 Å². The van der Waals surface area contributed by atoms with Gasteiger partial charge in [0.2, 0.25) is 0 Å². The fourth-order valence-corrected chi connectivity index (χ4v) is 9.41. The molecule has 0 amide bonds. The highest BCUT2D eigenvalue weighted by atomic mass is 32.1. The molecular weight excluding hydrogens is 639 g/mol. The predicted octanol–water partition coefficient (Wildman–Crippen LogP) is 13.0. The topological polar surface area (TPSA) is 22.8 Å². The first-order valence-corrected chi connectivity index (χ1v) is 18.1. The Morgan fingerprint density at radius 2 is 0.902 bits per heavy atom. The molecule has 4 heteroatoms. The second kappa shape index (κ2) is 11.0. The molecule has 0 aliphatic rings. The molecule has 11 rings (SSSR count). The third-order valence-corrected chi connectivity index (χ3v) is 11.4. The van der Waals surface area contributed by atoms with Crippen molar-refractivity contribution in [3.63, 3.8) is 0 Å². The van der Waals surface area contributed by atoms with Crippen LogP contribution in [0.1, 0.15) is 0 Å². The van der Waals surface area contributed by atoms with Gasteiger partial charge in [-0.1, -0.05) is 115 Å². The summed E-state index contributed by atoms with van der Waals surface area (Å²) < 4.78 is 6.24. The van der Waals surface area contributed by atoms with E-state index in [9.17, 15) is 0 Å². The van der Waals surface area contributed by atoms with E-state index in [0.29, 0.717) is 0 Å². The monoisotopic (exact) mass is 667 g/mol. The molecule has 4 aromatic heterocycles. The fourth-order valence-electron chi connectivity index (χ4n) is 8.22. The standard InChI is InChI=1S/C47H29N3S/c1-4-15-30(16-5-1)32-27-33(31-17-6-2-7-18-31)29-35(28-32)50-40-25-13-11-22-37(40)42-41-36-21-10-12-24-39(36)49(34-19-8-3-9-20-34)44(41)43-38-23-14-26-48-47(38)51-46(43)45(42)50/h1-29H. The predicted molar refractivity (Wildman–Crippen MR) is 217 cm³/mol. The van der Waals surface area contributed by atoms with Gasteiger partial charge < -0.3 is 9.13 Å². The summed E-state index contributed by atoms with van der Waals surface area (Å²) in [6.45, 7) is 0. The van der Waals surface area contributed by atoms with Crippen molar-refractivity contribution in [3.8, 4) is 33.6 Å². The summed E-state index contributed by atoms with van der Waals surface area (Å²) >= 11 is 1.80. The van der Waals surface area contributed by atoms with Crippen molar-refractivity contribution >= 4 is 75.3 Å². The minimum absolute atomic E-state index is 1.05. The number of thiophene rings is 1. The van der Waals surface area contributed by atoms with Gasteiger partial charge in [-0.15, -0.1) is 11.3 Å². The van der Waals surface area contributed by atoms with Crippen LogP contribution in [0.3, 0.4) is 0 Å². The van der Waals surface area contributed by atoms with E-state index in [2.05, 4.69) is 179 Å². The van der Waals surface area contributed by atoms with Gasteiger partial charge in [-0.3, -0.25) is 0 Å². The molecule has 11 aromatic rings. The number of benzene rings is 7. The largest absolute Gasteiger partial charge is 0.309 e. The van der Waals surface area contributed by atoms with E-state index in [1.807, 2.05) is 6.20 Å². The third kappa shape index (κ3) is 4.14. The first kappa shape index (κ1) is 28.4. The highest BCUT2D eigenvalue weighted by Crippen LogP contribution is 2.51. The fraction of sp³-hybridized carbons (Fsp3) is 0. The van der Waals surface area contributed by atoms with Crippen LogP contribution < -0.4 is 0 Å². The number of fused-ring (bicyclic) bond motifs is 12. The van der Waals surface area contributed by atoms with Crippen molar-refractivity contribution in [2.75, 3.05) is 0 Å². The van der Waals surface area contributed by atoms with Crippen molar-refractivity contribution in [1.29, 1.82) is 0 Å². The Balaban J connectivity index is 1.39. The van der Waals surface area contributed by atoms with Crippen LogP contribution in [-0.2, 0) is 0 Å². The zero-order valence-corrected chi connectivity index (χ0v) is 28.3. The molecule has 0 radical (unpaired) electrons. The van der Waals surface area contributed by atoms with Crippen LogP contribution in [0.2, 0.25) is 0 Å². The zero-order chi connectivity index (χ0) is 33.5. The summed E-state index contributed by atoms with van der Waals surface area (Å²) in [6.07, 6.45) is 1.92. The summed E-state index contributed by atoms with van der Waals surface area (Å²) in [6, 6.07) is 61.5. The molecule has 0 saturated carbocycles. The van der Waals surface area contributed by atoms with Gasteiger partial charge in [-0.2, -0.15) is 0 Å². The van der Waals surface area contributed by atoms with Crippen molar-refractivity contribution in [3.05, 3.63) is 176 Å². The van der Waals surface area contributed by atoms with Crippen LogP contribution in [-0.4, -0.2) is 14.1 Å². The van der Waals surface area contributed by atoms with Crippen LogP contribution in [0.4, 0.5) is 0 Å². The smallest absolute Gasteiger partial charge is 0.124 e. The molecule has 0 bridgehead atoms. The van der Waals surface area contributed by atoms with E-state index in [1.165, 1.54) is 81.3 Å². The molecule has 0 aliphatic heterocycles. The summed E-state index contributed by atoms with van der Waals surface area (Å²) in [5.74, 6) is 0. The number of hydrogen-bond donors (Lipinski definition) is 0. The normalized spacial score (nSPS) is 11.9. The number of aromatic nitrogens is 3. The number of nitrogens with zero attached hydrogens (tertiary/aromatic N) is 3. The summed E-state index contributed by atoms with van der Waals surface area (Å²) in [5, 5.41) is 7.47. The lowest BCUT2D eigenvalue weighted by Crippen LogP contribution is -1.97. The van der Waals surface area contributed by atoms with Crippen LogP contribution in [0.25, 0.3) is 97.5 Å². The Kier molecular flexibility index (Phi) is 6.12. The highest BCUT2D eigenvalue weighted by molar-refractivity contribution is 7.26. The molecule has 4 heterocycles. The van der Waals surface area contributed by atoms with Gasteiger partial charge in [0.25, 0.3) is 0 Å². The maximum atomic E-state index is 4.95. The Labute approximate surface area is 297 Å². The average molecular weight is 668 g/mol. The minimum atomic E-state index is 1.05. The highest BCUT2D eigenvalue weighted by Gasteiger charge is 2.27. The molecular formula is C47H29N3S. The van der Waals surface area contributed by atoms with Gasteiger partial charge in [0.15, 0.2) is 0 Å². The number of pyridine rings is 1. The number of hydrogen-bond acceptors (Lipinski definition) is 2. The van der Waals surface area contributed by atoms with Crippen molar-refractivity contribution in [2.45, 2.75) is 0 Å². The van der Waals surface area contributed by atoms with Crippen molar-refractivity contribution in [2.24, 2.45) is 0 Å². The van der Waals surface area contributed by atoms with Crippen molar-refractivity contribution < 1.29 is 0 Å². The lowest BCUT2D eigenvalue weighted by atomic mass is 9.98. The second-order valence-corrected chi connectivity index (χ2v) is 14.1. The van der Waals surface area contributed by atoms with Gasteiger partial charge in [-0.25, -0.2) is 4.98 Å². The van der Waals surface area contributed by atoms with Crippen LogP contribution >= 0.6 is 11.3 Å². The maximum absolute atomic E-state index is 4.95. The second-order valence-electron chi connectivity index (χ2n) is 13.2. The first-order valence-electron chi connectivity index (χ1n) is 17.3. The van der Waals surface area contributed by atoms with E-state index < -0.39 is 0 Å². The lowest BCUT2D eigenvalue weighted by molar-refractivity contribution is 1.18. The molecule has 238 valence electrons. The van der Waals surface area contributed by atoms with E-state index in [1.54, 1.807) is 11.3 Å². The Bertz CT molecular complexity index is 3060. The average Bonchev–Trinajstić information content (AvgIpc) is 3.87. The molecule has 0 saturated heterocycles. The first-order chi connectivity index (χ1) is 25.3. The van der Waals surface area contributed by atoms with E-state index >= 15 is 0 Å².